The molecule has 0 radical (unpaired) electrons. The number of amides is 3. The van der Waals surface area contributed by atoms with Gasteiger partial charge in [-0.25, -0.2) is 19.7 Å². The number of nitrogens with two attached hydrogens (primary N) is 1. The fraction of sp³-hybridized carbons (Fsp3) is 0.312. The Morgan fingerprint density at radius 1 is 1.04 bits per heavy atom. The molecule has 1 aromatic heterocycles. The van der Waals surface area contributed by atoms with Crippen LogP contribution in [0, 0.1) is 13.8 Å². The van der Waals surface area contributed by atoms with Crippen LogP contribution in [0.2, 0.25) is 0 Å². The molecular weight excluding hydrogens is 580 g/mol. The zero-order valence-corrected chi connectivity index (χ0v) is 25.8. The van der Waals surface area contributed by atoms with E-state index in [0.717, 1.165) is 23.2 Å². The highest BCUT2D eigenvalue weighted by molar-refractivity contribution is 6.09. The van der Waals surface area contributed by atoms with Crippen LogP contribution in [0.3, 0.4) is 0 Å². The van der Waals surface area contributed by atoms with E-state index in [2.05, 4.69) is 20.3 Å². The highest BCUT2D eigenvalue weighted by Gasteiger charge is 2.27. The van der Waals surface area contributed by atoms with Gasteiger partial charge in [0.1, 0.15) is 5.75 Å². The number of esters is 1. The third-order valence-electron chi connectivity index (χ3n) is 6.62. The van der Waals surface area contributed by atoms with E-state index in [1.165, 1.54) is 18.3 Å². The van der Waals surface area contributed by atoms with Crippen molar-refractivity contribution >= 4 is 41.7 Å². The fourth-order valence-electron chi connectivity index (χ4n) is 4.20. The summed E-state index contributed by atoms with van der Waals surface area (Å²) in [6.45, 7) is 7.17. The molecule has 0 atom stereocenters. The average Bonchev–Trinajstić information content (AvgIpc) is 3.41. The van der Waals surface area contributed by atoms with Gasteiger partial charge < -0.3 is 30.6 Å². The SMILES string of the molecule is CCCNC(=O)c1ccc(C)c(N=C(N=CN)c2[nH]cc(C(=O)N(CCC)C(=O)OCOC(=O)Cc3ccc(O)cc3)c2C)c1. The molecule has 45 heavy (non-hydrogen) atoms. The molecule has 238 valence electrons. The second-order valence-electron chi connectivity index (χ2n) is 10.0. The standard InChI is InChI=1S/C32H38N6O7/c1-5-13-34-30(41)23-10-7-20(3)26(16-23)37-29(36-18-33)28-21(4)25(17-35-28)31(42)38(14-6-2)32(43)45-19-44-27(40)15-22-8-11-24(39)12-9-22/h7-12,16-18,35,39H,5-6,13-15,19H2,1-4H3,(H,34,41)(H2,33,36,37). The first-order chi connectivity index (χ1) is 21.6. The van der Waals surface area contributed by atoms with Gasteiger partial charge in [-0.1, -0.05) is 32.0 Å². The summed E-state index contributed by atoms with van der Waals surface area (Å²) >= 11 is 0. The van der Waals surface area contributed by atoms with Gasteiger partial charge in [-0.3, -0.25) is 14.4 Å². The normalized spacial score (nSPS) is 11.3. The Morgan fingerprint density at radius 3 is 2.44 bits per heavy atom. The summed E-state index contributed by atoms with van der Waals surface area (Å²) in [4.78, 5) is 63.7. The van der Waals surface area contributed by atoms with Crippen molar-refractivity contribution in [3.05, 3.63) is 82.2 Å². The van der Waals surface area contributed by atoms with E-state index in [4.69, 9.17) is 15.2 Å². The van der Waals surface area contributed by atoms with Gasteiger partial charge in [-0.15, -0.1) is 0 Å². The maximum absolute atomic E-state index is 13.5. The average molecular weight is 619 g/mol. The second kappa shape index (κ2) is 16.4. The van der Waals surface area contributed by atoms with Crippen molar-refractivity contribution < 1.29 is 33.8 Å². The van der Waals surface area contributed by atoms with Gasteiger partial charge in [0.2, 0.25) is 6.79 Å². The molecule has 3 amide bonds. The largest absolute Gasteiger partial charge is 0.508 e. The smallest absolute Gasteiger partial charge is 0.419 e. The van der Waals surface area contributed by atoms with Crippen LogP contribution in [0.15, 0.2) is 58.6 Å². The number of imide groups is 1. The Labute approximate surface area is 261 Å². The maximum atomic E-state index is 13.5. The summed E-state index contributed by atoms with van der Waals surface area (Å²) in [7, 11) is 0. The predicted molar refractivity (Wildman–Crippen MR) is 169 cm³/mol. The molecule has 0 spiro atoms. The van der Waals surface area contributed by atoms with E-state index in [1.54, 1.807) is 44.2 Å². The Balaban J connectivity index is 1.77. The molecule has 0 aliphatic carbocycles. The van der Waals surface area contributed by atoms with E-state index < -0.39 is 24.8 Å². The van der Waals surface area contributed by atoms with E-state index in [1.807, 2.05) is 13.8 Å². The van der Waals surface area contributed by atoms with Crippen molar-refractivity contribution in [3.8, 4) is 5.75 Å². The first-order valence-corrected chi connectivity index (χ1v) is 14.4. The highest BCUT2D eigenvalue weighted by Crippen LogP contribution is 2.24. The van der Waals surface area contributed by atoms with E-state index in [9.17, 15) is 24.3 Å². The first kappa shape index (κ1) is 34.0. The number of phenols is 1. The second-order valence-corrected chi connectivity index (χ2v) is 10.0. The molecule has 1 heterocycles. The van der Waals surface area contributed by atoms with Crippen molar-refractivity contribution in [1.82, 2.24) is 15.2 Å². The number of benzene rings is 2. The molecule has 0 aliphatic heterocycles. The van der Waals surface area contributed by atoms with Crippen LogP contribution in [-0.2, 0) is 20.7 Å². The number of hydrogen-bond donors (Lipinski definition) is 4. The summed E-state index contributed by atoms with van der Waals surface area (Å²) in [5, 5.41) is 12.2. The van der Waals surface area contributed by atoms with Crippen LogP contribution in [0.25, 0.3) is 0 Å². The summed E-state index contributed by atoms with van der Waals surface area (Å²) < 4.78 is 10.1. The molecule has 0 bridgehead atoms. The molecular formula is C32H38N6O7. The van der Waals surface area contributed by atoms with Crippen LogP contribution in [0.5, 0.6) is 5.75 Å². The zero-order valence-electron chi connectivity index (χ0n) is 25.8. The van der Waals surface area contributed by atoms with Crippen LogP contribution in [-0.4, -0.2) is 70.9 Å². The minimum Gasteiger partial charge on any atom is -0.508 e. The number of aromatic nitrogens is 1. The fourth-order valence-corrected chi connectivity index (χ4v) is 4.20. The minimum atomic E-state index is -0.982. The summed E-state index contributed by atoms with van der Waals surface area (Å²) in [5.74, 6) is -1.29. The summed E-state index contributed by atoms with van der Waals surface area (Å²) in [5.41, 5.74) is 8.93. The van der Waals surface area contributed by atoms with Gasteiger partial charge in [-0.05, 0) is 67.6 Å². The lowest BCUT2D eigenvalue weighted by Gasteiger charge is -2.19. The third-order valence-corrected chi connectivity index (χ3v) is 6.62. The number of rotatable bonds is 12. The number of phenolic OH excluding ortho intramolecular Hbond substituents is 1. The lowest BCUT2D eigenvalue weighted by Crippen LogP contribution is -2.38. The molecule has 0 saturated carbocycles. The molecule has 3 aromatic rings. The van der Waals surface area contributed by atoms with Crippen LogP contribution < -0.4 is 11.1 Å². The number of aliphatic imine (C=N–C) groups is 2. The maximum Gasteiger partial charge on any atom is 0.419 e. The molecule has 2 aromatic carbocycles. The van der Waals surface area contributed by atoms with Gasteiger partial charge in [0, 0.05) is 24.8 Å². The number of nitrogens with zero attached hydrogens (tertiary/aromatic N) is 3. The number of aromatic amines is 1. The number of nitrogens with one attached hydrogen (secondary N) is 2. The van der Waals surface area contributed by atoms with Gasteiger partial charge in [0.15, 0.2) is 5.84 Å². The summed E-state index contributed by atoms with van der Waals surface area (Å²) in [6.07, 6.45) is 2.67. The Kier molecular flexibility index (Phi) is 12.4. The van der Waals surface area contributed by atoms with Crippen molar-refractivity contribution in [2.24, 2.45) is 15.7 Å². The Bertz CT molecular complexity index is 1580. The minimum absolute atomic E-state index is 0.0487. The predicted octanol–water partition coefficient (Wildman–Crippen LogP) is 4.27. The van der Waals surface area contributed by atoms with Gasteiger partial charge in [0.05, 0.1) is 29.7 Å². The molecule has 3 rings (SSSR count). The van der Waals surface area contributed by atoms with Gasteiger partial charge >= 0.3 is 12.1 Å². The van der Waals surface area contributed by atoms with Crippen molar-refractivity contribution in [1.29, 1.82) is 0 Å². The lowest BCUT2D eigenvalue weighted by molar-refractivity contribution is -0.151. The van der Waals surface area contributed by atoms with Crippen molar-refractivity contribution in [2.75, 3.05) is 19.9 Å². The van der Waals surface area contributed by atoms with Crippen LogP contribution in [0.4, 0.5) is 10.5 Å². The molecule has 13 heteroatoms. The number of carbonyl (C=O) groups is 4. The zero-order chi connectivity index (χ0) is 32.9. The molecule has 0 unspecified atom stereocenters. The van der Waals surface area contributed by atoms with Gasteiger partial charge in [0.25, 0.3) is 11.8 Å². The molecule has 0 fully saturated rings. The lowest BCUT2D eigenvalue weighted by atomic mass is 10.1. The molecule has 5 N–H and O–H groups in total. The van der Waals surface area contributed by atoms with Crippen molar-refractivity contribution in [2.45, 2.75) is 47.0 Å². The van der Waals surface area contributed by atoms with Crippen molar-refractivity contribution in [3.63, 3.8) is 0 Å². The van der Waals surface area contributed by atoms with E-state index in [0.29, 0.717) is 41.0 Å². The Hall–Kier alpha value is -5.46. The molecule has 13 nitrogen and oxygen atoms in total. The quantitative estimate of drug-likeness (QED) is 0.100. The number of aromatic hydroxyl groups is 1. The highest BCUT2D eigenvalue weighted by atomic mass is 16.7. The molecule has 0 saturated heterocycles. The summed E-state index contributed by atoms with van der Waals surface area (Å²) in [6, 6.07) is 11.1. The monoisotopic (exact) mass is 618 g/mol. The number of ether oxygens (including phenoxy) is 2. The third kappa shape index (κ3) is 9.26. The topological polar surface area (TPSA) is 189 Å². The van der Waals surface area contributed by atoms with Crippen LogP contribution in [0.1, 0.15) is 69.8 Å². The first-order valence-electron chi connectivity index (χ1n) is 14.4. The number of aryl methyl sites for hydroxylation is 1. The van der Waals surface area contributed by atoms with E-state index in [-0.39, 0.29) is 36.0 Å². The van der Waals surface area contributed by atoms with Crippen LogP contribution >= 0.6 is 0 Å². The number of H-pyrrole nitrogens is 1. The number of hydrogen-bond acceptors (Lipinski definition) is 8. The van der Waals surface area contributed by atoms with Gasteiger partial charge in [-0.2, -0.15) is 0 Å². The van der Waals surface area contributed by atoms with E-state index >= 15 is 0 Å². The number of amidine groups is 1. The molecule has 0 aliphatic rings. The Morgan fingerprint density at radius 2 is 1.78 bits per heavy atom. The number of carbonyl (C=O) groups excluding carboxylic acids is 4.